The lowest BCUT2D eigenvalue weighted by molar-refractivity contribution is -0.150. The molecule has 3 rings (SSSR count). The first kappa shape index (κ1) is 21.1. The Balaban J connectivity index is 1.58. The van der Waals surface area contributed by atoms with E-state index in [1.54, 1.807) is 0 Å². The fourth-order valence-electron chi connectivity index (χ4n) is 5.71. The van der Waals surface area contributed by atoms with Gasteiger partial charge in [-0.2, -0.15) is 0 Å². The molecule has 3 aliphatic carbocycles. The van der Waals surface area contributed by atoms with Crippen molar-refractivity contribution < 1.29 is 14.6 Å². The Morgan fingerprint density at radius 1 is 0.963 bits per heavy atom. The van der Waals surface area contributed by atoms with E-state index >= 15 is 0 Å². The summed E-state index contributed by atoms with van der Waals surface area (Å²) < 4.78 is 6.33. The number of ether oxygens (including phenoxy) is 1. The SMILES string of the molecule is CCCCCCOC1CC(C(=O)NC2CCCCC2)C(O)C2CCCCC12. The third kappa shape index (κ3) is 5.69. The number of aliphatic hydroxyl groups excluding tert-OH is 1. The molecule has 2 N–H and O–H groups in total. The second kappa shape index (κ2) is 10.8. The van der Waals surface area contributed by atoms with Crippen LogP contribution in [0.15, 0.2) is 0 Å². The lowest BCUT2D eigenvalue weighted by atomic mass is 9.64. The summed E-state index contributed by atoms with van der Waals surface area (Å²) in [5.41, 5.74) is 0. The van der Waals surface area contributed by atoms with Gasteiger partial charge in [-0.25, -0.2) is 0 Å². The standard InChI is InChI=1S/C23H41NO3/c1-2-3-4-10-15-27-21-16-20(22(25)19-14-9-8-13-18(19)21)23(26)24-17-11-6-5-7-12-17/h17-22,25H,2-16H2,1H3,(H,24,26). The summed E-state index contributed by atoms with van der Waals surface area (Å²) in [5, 5.41) is 14.3. The molecule has 0 radical (unpaired) electrons. The average Bonchev–Trinajstić information content (AvgIpc) is 2.70. The molecule has 0 aromatic heterocycles. The number of hydrogen-bond acceptors (Lipinski definition) is 3. The van der Waals surface area contributed by atoms with Gasteiger partial charge in [0.15, 0.2) is 0 Å². The normalized spacial score (nSPS) is 34.8. The molecule has 3 saturated carbocycles. The Morgan fingerprint density at radius 3 is 2.41 bits per heavy atom. The highest BCUT2D eigenvalue weighted by Crippen LogP contribution is 2.44. The molecule has 0 aromatic carbocycles. The second-order valence-corrected chi connectivity index (χ2v) is 9.26. The number of hydrogen-bond donors (Lipinski definition) is 2. The van der Waals surface area contributed by atoms with Crippen LogP contribution in [0.1, 0.15) is 96.8 Å². The maximum absolute atomic E-state index is 13.0. The zero-order valence-corrected chi connectivity index (χ0v) is 17.3. The molecule has 5 atom stereocenters. The molecule has 3 aliphatic rings. The van der Waals surface area contributed by atoms with Crippen molar-refractivity contribution in [2.24, 2.45) is 17.8 Å². The van der Waals surface area contributed by atoms with Crippen LogP contribution in [-0.2, 0) is 9.53 Å². The number of carbonyl (C=O) groups excluding carboxylic acids is 1. The molecule has 1 amide bonds. The van der Waals surface area contributed by atoms with Crippen molar-refractivity contribution in [3.05, 3.63) is 0 Å². The van der Waals surface area contributed by atoms with Gasteiger partial charge in [-0.1, -0.05) is 58.3 Å². The van der Waals surface area contributed by atoms with Crippen molar-refractivity contribution in [1.29, 1.82) is 0 Å². The van der Waals surface area contributed by atoms with E-state index in [9.17, 15) is 9.90 Å². The predicted octanol–water partition coefficient (Wildman–Crippen LogP) is 4.59. The Hall–Kier alpha value is -0.610. The molecule has 0 saturated heterocycles. The Labute approximate surface area is 165 Å². The quantitative estimate of drug-likeness (QED) is 0.607. The summed E-state index contributed by atoms with van der Waals surface area (Å²) in [7, 11) is 0. The smallest absolute Gasteiger partial charge is 0.226 e. The zero-order valence-electron chi connectivity index (χ0n) is 17.3. The van der Waals surface area contributed by atoms with E-state index in [1.807, 2.05) is 0 Å². The van der Waals surface area contributed by atoms with Crippen LogP contribution in [0.4, 0.5) is 0 Å². The fraction of sp³-hybridized carbons (Fsp3) is 0.957. The number of unbranched alkanes of at least 4 members (excludes halogenated alkanes) is 3. The van der Waals surface area contributed by atoms with Crippen molar-refractivity contribution in [2.75, 3.05) is 6.61 Å². The van der Waals surface area contributed by atoms with Gasteiger partial charge >= 0.3 is 0 Å². The summed E-state index contributed by atoms with van der Waals surface area (Å²) in [5.74, 6) is 0.485. The van der Waals surface area contributed by atoms with Crippen LogP contribution in [0.2, 0.25) is 0 Å². The molecule has 27 heavy (non-hydrogen) atoms. The van der Waals surface area contributed by atoms with Gasteiger partial charge < -0.3 is 15.2 Å². The van der Waals surface area contributed by atoms with E-state index in [0.717, 1.165) is 38.7 Å². The van der Waals surface area contributed by atoms with Crippen molar-refractivity contribution in [2.45, 2.75) is 115 Å². The first-order valence-electron chi connectivity index (χ1n) is 11.8. The number of amides is 1. The van der Waals surface area contributed by atoms with Crippen LogP contribution in [0.3, 0.4) is 0 Å². The monoisotopic (exact) mass is 379 g/mol. The first-order valence-corrected chi connectivity index (χ1v) is 11.8. The molecule has 4 nitrogen and oxygen atoms in total. The van der Waals surface area contributed by atoms with E-state index in [0.29, 0.717) is 18.4 Å². The van der Waals surface area contributed by atoms with Crippen LogP contribution in [0.5, 0.6) is 0 Å². The lowest BCUT2D eigenvalue weighted by Gasteiger charge is -2.47. The number of carbonyl (C=O) groups is 1. The van der Waals surface area contributed by atoms with Gasteiger partial charge in [-0.3, -0.25) is 4.79 Å². The van der Waals surface area contributed by atoms with E-state index in [1.165, 1.54) is 51.4 Å². The maximum Gasteiger partial charge on any atom is 0.226 e. The van der Waals surface area contributed by atoms with E-state index in [-0.39, 0.29) is 23.8 Å². The van der Waals surface area contributed by atoms with Gasteiger partial charge in [0.25, 0.3) is 0 Å². The molecule has 0 bridgehead atoms. The van der Waals surface area contributed by atoms with Crippen LogP contribution in [0, 0.1) is 17.8 Å². The minimum Gasteiger partial charge on any atom is -0.392 e. The molecule has 5 unspecified atom stereocenters. The van der Waals surface area contributed by atoms with Gasteiger partial charge in [-0.15, -0.1) is 0 Å². The molecular formula is C23H41NO3. The van der Waals surface area contributed by atoms with Gasteiger partial charge in [0.05, 0.1) is 18.1 Å². The van der Waals surface area contributed by atoms with Gasteiger partial charge in [0.2, 0.25) is 5.91 Å². The van der Waals surface area contributed by atoms with Crippen LogP contribution in [0.25, 0.3) is 0 Å². The summed E-state index contributed by atoms with van der Waals surface area (Å²) in [4.78, 5) is 13.0. The minimum absolute atomic E-state index is 0.0815. The highest BCUT2D eigenvalue weighted by atomic mass is 16.5. The van der Waals surface area contributed by atoms with Gasteiger partial charge in [-0.05, 0) is 50.4 Å². The van der Waals surface area contributed by atoms with Crippen molar-refractivity contribution in [3.63, 3.8) is 0 Å². The van der Waals surface area contributed by atoms with Crippen molar-refractivity contribution in [3.8, 4) is 0 Å². The van der Waals surface area contributed by atoms with Gasteiger partial charge in [0.1, 0.15) is 0 Å². The topological polar surface area (TPSA) is 58.6 Å². The molecule has 0 spiro atoms. The van der Waals surface area contributed by atoms with E-state index < -0.39 is 6.10 Å². The fourth-order valence-corrected chi connectivity index (χ4v) is 5.71. The third-order valence-electron chi connectivity index (χ3n) is 7.31. The second-order valence-electron chi connectivity index (χ2n) is 9.26. The number of rotatable bonds is 8. The molecule has 4 heteroatoms. The summed E-state index contributed by atoms with van der Waals surface area (Å²) in [6.07, 6.45) is 15.7. The van der Waals surface area contributed by atoms with Crippen LogP contribution < -0.4 is 5.32 Å². The first-order chi connectivity index (χ1) is 13.2. The number of fused-ring (bicyclic) bond motifs is 1. The lowest BCUT2D eigenvalue weighted by Crippen LogP contribution is -2.54. The molecule has 0 heterocycles. The van der Waals surface area contributed by atoms with Crippen molar-refractivity contribution in [1.82, 2.24) is 5.32 Å². The number of nitrogens with one attached hydrogen (secondary N) is 1. The maximum atomic E-state index is 13.0. The largest absolute Gasteiger partial charge is 0.392 e. The molecule has 0 aromatic rings. The van der Waals surface area contributed by atoms with E-state index in [2.05, 4.69) is 12.2 Å². The van der Waals surface area contributed by atoms with Crippen molar-refractivity contribution >= 4 is 5.91 Å². The molecule has 0 aliphatic heterocycles. The summed E-state index contributed by atoms with van der Waals surface area (Å²) >= 11 is 0. The molecular weight excluding hydrogens is 338 g/mol. The average molecular weight is 380 g/mol. The van der Waals surface area contributed by atoms with Crippen LogP contribution >= 0.6 is 0 Å². The highest BCUT2D eigenvalue weighted by Gasteiger charge is 2.47. The van der Waals surface area contributed by atoms with Crippen LogP contribution in [-0.4, -0.2) is 35.9 Å². The minimum atomic E-state index is -0.487. The Kier molecular flexibility index (Phi) is 8.45. The third-order valence-corrected chi connectivity index (χ3v) is 7.31. The molecule has 156 valence electrons. The Morgan fingerprint density at radius 2 is 1.67 bits per heavy atom. The van der Waals surface area contributed by atoms with Gasteiger partial charge in [0, 0.05) is 12.6 Å². The zero-order chi connectivity index (χ0) is 19.1. The Bertz CT molecular complexity index is 449. The van der Waals surface area contributed by atoms with E-state index in [4.69, 9.17) is 4.74 Å². The summed E-state index contributed by atoms with van der Waals surface area (Å²) in [6, 6.07) is 0.316. The molecule has 3 fully saturated rings. The predicted molar refractivity (Wildman–Crippen MR) is 108 cm³/mol. The highest BCUT2D eigenvalue weighted by molar-refractivity contribution is 5.79. The number of aliphatic hydroxyl groups is 1. The summed E-state index contributed by atoms with van der Waals surface area (Å²) in [6.45, 7) is 3.03.